The van der Waals surface area contributed by atoms with Crippen LogP contribution >= 0.6 is 15.9 Å². The normalized spacial score (nSPS) is 19.1. The van der Waals surface area contributed by atoms with Crippen LogP contribution in [-0.4, -0.2) is 29.2 Å². The number of ketones is 1. The number of hydrogen-bond donors (Lipinski definition) is 1. The molecule has 0 saturated carbocycles. The second kappa shape index (κ2) is 6.87. The lowest BCUT2D eigenvalue weighted by atomic mass is 9.90. The molecule has 0 bridgehead atoms. The standard InChI is InChI=1S/C22H17BrN2O3/c1-22(17-9-6-14-4-2-3-5-16(14)12-17)20(27)25(21(28)24-22)13-19(26)15-7-10-18(23)11-8-15/h2-12H,13H2,1H3,(H,24,28)/t22-/m0/s1. The van der Waals surface area contributed by atoms with E-state index in [-0.39, 0.29) is 12.3 Å². The number of Topliss-reactive ketones (excluding diaryl/α,β-unsaturated/α-hetero) is 1. The van der Waals surface area contributed by atoms with Crippen LogP contribution < -0.4 is 5.32 Å². The molecule has 140 valence electrons. The molecule has 1 aliphatic heterocycles. The first-order valence-corrected chi connectivity index (χ1v) is 9.60. The topological polar surface area (TPSA) is 66.5 Å². The first-order valence-electron chi connectivity index (χ1n) is 8.81. The molecule has 1 heterocycles. The number of fused-ring (bicyclic) bond motifs is 1. The van der Waals surface area contributed by atoms with Gasteiger partial charge in [-0.05, 0) is 41.5 Å². The van der Waals surface area contributed by atoms with Crippen molar-refractivity contribution in [3.8, 4) is 0 Å². The first-order chi connectivity index (χ1) is 13.4. The van der Waals surface area contributed by atoms with E-state index in [0.717, 1.165) is 20.1 Å². The molecule has 0 radical (unpaired) electrons. The highest BCUT2D eigenvalue weighted by molar-refractivity contribution is 9.10. The van der Waals surface area contributed by atoms with Gasteiger partial charge in [0, 0.05) is 10.0 Å². The van der Waals surface area contributed by atoms with E-state index in [2.05, 4.69) is 21.2 Å². The maximum atomic E-state index is 13.1. The Morgan fingerprint density at radius 3 is 2.39 bits per heavy atom. The molecule has 1 N–H and O–H groups in total. The van der Waals surface area contributed by atoms with Gasteiger partial charge < -0.3 is 5.32 Å². The zero-order chi connectivity index (χ0) is 19.9. The van der Waals surface area contributed by atoms with Crippen LogP contribution in [0, 0.1) is 0 Å². The average Bonchev–Trinajstić information content (AvgIpc) is 2.92. The summed E-state index contributed by atoms with van der Waals surface area (Å²) in [6.45, 7) is 1.37. The minimum Gasteiger partial charge on any atom is -0.319 e. The van der Waals surface area contributed by atoms with Crippen molar-refractivity contribution >= 4 is 44.4 Å². The molecule has 0 aliphatic carbocycles. The van der Waals surface area contributed by atoms with E-state index in [1.807, 2.05) is 42.5 Å². The maximum Gasteiger partial charge on any atom is 0.325 e. The van der Waals surface area contributed by atoms with E-state index < -0.39 is 17.5 Å². The number of nitrogens with zero attached hydrogens (tertiary/aromatic N) is 1. The summed E-state index contributed by atoms with van der Waals surface area (Å²) in [6.07, 6.45) is 0. The van der Waals surface area contributed by atoms with E-state index in [1.165, 1.54) is 0 Å². The number of nitrogens with one attached hydrogen (secondary N) is 1. The van der Waals surface area contributed by atoms with Gasteiger partial charge in [-0.15, -0.1) is 0 Å². The summed E-state index contributed by atoms with van der Waals surface area (Å²) in [5.74, 6) is -0.725. The van der Waals surface area contributed by atoms with Gasteiger partial charge >= 0.3 is 6.03 Å². The molecule has 3 amide bonds. The lowest BCUT2D eigenvalue weighted by Crippen LogP contribution is -2.41. The average molecular weight is 437 g/mol. The molecule has 4 rings (SSSR count). The molecule has 1 atom stereocenters. The fraction of sp³-hybridized carbons (Fsp3) is 0.136. The molecular formula is C22H17BrN2O3. The van der Waals surface area contributed by atoms with E-state index in [4.69, 9.17) is 0 Å². The largest absolute Gasteiger partial charge is 0.325 e. The van der Waals surface area contributed by atoms with E-state index in [1.54, 1.807) is 31.2 Å². The van der Waals surface area contributed by atoms with Gasteiger partial charge in [-0.3, -0.25) is 14.5 Å². The van der Waals surface area contributed by atoms with E-state index >= 15 is 0 Å². The third kappa shape index (κ3) is 3.10. The van der Waals surface area contributed by atoms with Gasteiger partial charge in [0.25, 0.3) is 5.91 Å². The van der Waals surface area contributed by atoms with Crippen LogP contribution in [0.5, 0.6) is 0 Å². The van der Waals surface area contributed by atoms with Crippen molar-refractivity contribution in [1.29, 1.82) is 0 Å². The van der Waals surface area contributed by atoms with Crippen molar-refractivity contribution in [3.05, 3.63) is 82.3 Å². The summed E-state index contributed by atoms with van der Waals surface area (Å²) < 4.78 is 0.850. The molecular weight excluding hydrogens is 420 g/mol. The zero-order valence-corrected chi connectivity index (χ0v) is 16.7. The Morgan fingerprint density at radius 1 is 1.00 bits per heavy atom. The highest BCUT2D eigenvalue weighted by atomic mass is 79.9. The highest BCUT2D eigenvalue weighted by Gasteiger charge is 2.49. The fourth-order valence-electron chi connectivity index (χ4n) is 3.41. The minimum absolute atomic E-state index is 0.293. The van der Waals surface area contributed by atoms with Gasteiger partial charge in [0.1, 0.15) is 5.54 Å². The third-order valence-corrected chi connectivity index (χ3v) is 5.60. The van der Waals surface area contributed by atoms with Crippen LogP contribution in [0.25, 0.3) is 10.8 Å². The second-order valence-corrected chi connectivity index (χ2v) is 7.85. The zero-order valence-electron chi connectivity index (χ0n) is 15.1. The molecule has 6 heteroatoms. The quantitative estimate of drug-likeness (QED) is 0.490. The Kier molecular flexibility index (Phi) is 4.51. The monoisotopic (exact) mass is 436 g/mol. The van der Waals surface area contributed by atoms with Crippen molar-refractivity contribution in [1.82, 2.24) is 10.2 Å². The Labute approximate surface area is 170 Å². The Bertz CT molecular complexity index is 1110. The van der Waals surface area contributed by atoms with Crippen molar-refractivity contribution in [3.63, 3.8) is 0 Å². The summed E-state index contributed by atoms with van der Waals surface area (Å²) >= 11 is 3.32. The van der Waals surface area contributed by atoms with Gasteiger partial charge in [0.05, 0.1) is 6.54 Å². The predicted octanol–water partition coefficient (Wildman–Crippen LogP) is 4.25. The van der Waals surface area contributed by atoms with Crippen molar-refractivity contribution < 1.29 is 14.4 Å². The molecule has 3 aromatic rings. The van der Waals surface area contributed by atoms with Crippen LogP contribution in [0.1, 0.15) is 22.8 Å². The highest BCUT2D eigenvalue weighted by Crippen LogP contribution is 2.31. The van der Waals surface area contributed by atoms with Gasteiger partial charge in [-0.25, -0.2) is 4.79 Å². The Balaban J connectivity index is 1.61. The second-order valence-electron chi connectivity index (χ2n) is 6.94. The Hall–Kier alpha value is -2.99. The third-order valence-electron chi connectivity index (χ3n) is 5.07. The minimum atomic E-state index is -1.21. The molecule has 1 fully saturated rings. The maximum absolute atomic E-state index is 13.1. The van der Waals surface area contributed by atoms with Crippen molar-refractivity contribution in [2.75, 3.05) is 6.54 Å². The van der Waals surface area contributed by atoms with E-state index in [0.29, 0.717) is 11.1 Å². The number of halogens is 1. The number of benzene rings is 3. The smallest absolute Gasteiger partial charge is 0.319 e. The summed E-state index contributed by atoms with van der Waals surface area (Å²) in [4.78, 5) is 39.1. The van der Waals surface area contributed by atoms with Crippen LogP contribution in [0.3, 0.4) is 0 Å². The summed E-state index contributed by atoms with van der Waals surface area (Å²) in [5, 5.41) is 4.78. The van der Waals surface area contributed by atoms with Gasteiger partial charge in [-0.1, -0.05) is 64.5 Å². The van der Waals surface area contributed by atoms with Crippen LogP contribution in [-0.2, 0) is 10.3 Å². The Morgan fingerprint density at radius 2 is 1.68 bits per heavy atom. The fourth-order valence-corrected chi connectivity index (χ4v) is 3.67. The summed E-state index contributed by atoms with van der Waals surface area (Å²) in [7, 11) is 0. The van der Waals surface area contributed by atoms with Crippen LogP contribution in [0.2, 0.25) is 0 Å². The summed E-state index contributed by atoms with van der Waals surface area (Å²) in [6, 6.07) is 19.7. The van der Waals surface area contributed by atoms with Crippen molar-refractivity contribution in [2.45, 2.75) is 12.5 Å². The molecule has 28 heavy (non-hydrogen) atoms. The summed E-state index contributed by atoms with van der Waals surface area (Å²) in [5.41, 5.74) is -0.0764. The number of imide groups is 1. The number of amides is 3. The number of carbonyl (C=O) groups is 3. The molecule has 1 saturated heterocycles. The lowest BCUT2D eigenvalue weighted by molar-refractivity contribution is -0.130. The van der Waals surface area contributed by atoms with Gasteiger partial charge in [0.2, 0.25) is 0 Å². The molecule has 0 aromatic heterocycles. The molecule has 1 aliphatic rings. The lowest BCUT2D eigenvalue weighted by Gasteiger charge is -2.22. The van der Waals surface area contributed by atoms with Crippen molar-refractivity contribution in [2.24, 2.45) is 0 Å². The SMILES string of the molecule is C[C@@]1(c2ccc3ccccc3c2)NC(=O)N(CC(=O)c2ccc(Br)cc2)C1=O. The predicted molar refractivity (Wildman–Crippen MR) is 110 cm³/mol. The molecule has 3 aromatic carbocycles. The van der Waals surface area contributed by atoms with Gasteiger partial charge in [0.15, 0.2) is 5.78 Å². The van der Waals surface area contributed by atoms with Gasteiger partial charge in [-0.2, -0.15) is 0 Å². The number of urea groups is 1. The molecule has 5 nitrogen and oxygen atoms in total. The number of hydrogen-bond acceptors (Lipinski definition) is 3. The van der Waals surface area contributed by atoms with Crippen LogP contribution in [0.4, 0.5) is 4.79 Å². The van der Waals surface area contributed by atoms with Crippen LogP contribution in [0.15, 0.2) is 71.2 Å². The number of rotatable bonds is 4. The molecule has 0 spiro atoms. The molecule has 0 unspecified atom stereocenters. The number of carbonyl (C=O) groups excluding carboxylic acids is 3. The van der Waals surface area contributed by atoms with E-state index in [9.17, 15) is 14.4 Å². The first kappa shape index (κ1) is 18.4.